The number of halogens is 2. The molecule has 1 saturated heterocycles. The van der Waals surface area contributed by atoms with Crippen molar-refractivity contribution in [1.82, 2.24) is 10.3 Å². The average molecular weight is 254 g/mol. The van der Waals surface area contributed by atoms with Crippen LogP contribution in [-0.2, 0) is 5.92 Å². The summed E-state index contributed by atoms with van der Waals surface area (Å²) in [5.74, 6) is -4.23. The molecule has 96 valence electrons. The first-order chi connectivity index (χ1) is 8.57. The number of hydrogen-bond donors (Lipinski definition) is 2. The van der Waals surface area contributed by atoms with Gasteiger partial charge in [0.05, 0.1) is 5.52 Å². The highest BCUT2D eigenvalue weighted by Crippen LogP contribution is 2.39. The summed E-state index contributed by atoms with van der Waals surface area (Å²) in [6.07, 6.45) is 0.451. The number of rotatable bonds is 2. The first-order valence-electron chi connectivity index (χ1n) is 5.79. The van der Waals surface area contributed by atoms with Gasteiger partial charge in [-0.3, -0.25) is 4.98 Å². The lowest BCUT2D eigenvalue weighted by molar-refractivity contribution is -0.0574. The van der Waals surface area contributed by atoms with Crippen molar-refractivity contribution in [2.75, 3.05) is 13.1 Å². The fourth-order valence-corrected chi connectivity index (χ4v) is 2.36. The number of H-pyrrole nitrogens is 1. The molecular weight excluding hydrogens is 242 g/mol. The van der Waals surface area contributed by atoms with E-state index in [9.17, 15) is 13.6 Å². The minimum Gasteiger partial charge on any atom is -0.408 e. The van der Waals surface area contributed by atoms with Gasteiger partial charge in [-0.1, -0.05) is 0 Å². The van der Waals surface area contributed by atoms with Crippen LogP contribution in [0, 0.1) is 5.92 Å². The zero-order chi connectivity index (χ0) is 12.8. The van der Waals surface area contributed by atoms with Crippen molar-refractivity contribution in [1.29, 1.82) is 0 Å². The quantitative estimate of drug-likeness (QED) is 0.859. The lowest BCUT2D eigenvalue weighted by atomic mass is 9.93. The molecule has 6 heteroatoms. The Morgan fingerprint density at radius 3 is 2.94 bits per heavy atom. The summed E-state index contributed by atoms with van der Waals surface area (Å²) in [5, 5.41) is 2.93. The van der Waals surface area contributed by atoms with E-state index in [2.05, 4.69) is 10.3 Å². The number of aromatic nitrogens is 1. The van der Waals surface area contributed by atoms with Gasteiger partial charge >= 0.3 is 5.76 Å². The molecule has 2 N–H and O–H groups in total. The molecular formula is C12H12F2N2O2. The Morgan fingerprint density at radius 2 is 2.22 bits per heavy atom. The first kappa shape index (κ1) is 11.4. The Morgan fingerprint density at radius 1 is 1.39 bits per heavy atom. The first-order valence-corrected chi connectivity index (χ1v) is 5.79. The Bertz CT molecular complexity index is 626. The fraction of sp³-hybridized carbons (Fsp3) is 0.417. The van der Waals surface area contributed by atoms with Gasteiger partial charge in [-0.2, -0.15) is 0 Å². The van der Waals surface area contributed by atoms with E-state index >= 15 is 0 Å². The fourth-order valence-electron chi connectivity index (χ4n) is 2.36. The van der Waals surface area contributed by atoms with E-state index in [4.69, 9.17) is 4.42 Å². The average Bonchev–Trinajstić information content (AvgIpc) is 2.95. The van der Waals surface area contributed by atoms with Crippen LogP contribution >= 0.6 is 0 Å². The lowest BCUT2D eigenvalue weighted by Crippen LogP contribution is -2.27. The number of oxazole rings is 1. The number of nitrogens with one attached hydrogen (secondary N) is 2. The van der Waals surface area contributed by atoms with Gasteiger partial charge in [0.2, 0.25) is 0 Å². The Hall–Kier alpha value is -1.69. The summed E-state index contributed by atoms with van der Waals surface area (Å²) in [7, 11) is 0. The number of alkyl halides is 2. The summed E-state index contributed by atoms with van der Waals surface area (Å²) < 4.78 is 33.3. The number of benzene rings is 1. The van der Waals surface area contributed by atoms with E-state index in [1.54, 1.807) is 0 Å². The molecule has 0 radical (unpaired) electrons. The SMILES string of the molecule is O=c1[nH]c2cc(C(F)(F)C3CCNC3)ccc2o1. The molecule has 1 aliphatic rings. The van der Waals surface area contributed by atoms with Crippen LogP contribution in [0.4, 0.5) is 8.78 Å². The molecule has 1 atom stereocenters. The van der Waals surface area contributed by atoms with Gasteiger partial charge in [-0.15, -0.1) is 0 Å². The molecule has 1 aliphatic heterocycles. The topological polar surface area (TPSA) is 58.0 Å². The largest absolute Gasteiger partial charge is 0.417 e. The van der Waals surface area contributed by atoms with E-state index < -0.39 is 17.6 Å². The molecule has 1 aromatic carbocycles. The highest BCUT2D eigenvalue weighted by Gasteiger charge is 2.42. The summed E-state index contributed by atoms with van der Waals surface area (Å²) in [5.41, 5.74) is 0.521. The zero-order valence-electron chi connectivity index (χ0n) is 9.50. The molecule has 0 bridgehead atoms. The van der Waals surface area contributed by atoms with Gasteiger partial charge in [0.25, 0.3) is 5.92 Å². The normalized spacial score (nSPS) is 20.7. The standard InChI is InChI=1S/C12H12F2N2O2/c13-12(14,8-3-4-15-6-8)7-1-2-10-9(5-7)16-11(17)18-10/h1-2,5,8,15H,3-4,6H2,(H,16,17). The molecule has 1 fully saturated rings. The second-order valence-electron chi connectivity index (χ2n) is 4.54. The number of aromatic amines is 1. The maximum absolute atomic E-state index is 14.2. The number of hydrogen-bond acceptors (Lipinski definition) is 3. The van der Waals surface area contributed by atoms with Crippen molar-refractivity contribution in [3.05, 3.63) is 34.3 Å². The van der Waals surface area contributed by atoms with Crippen molar-refractivity contribution in [3.8, 4) is 0 Å². The van der Waals surface area contributed by atoms with Crippen LogP contribution in [0.3, 0.4) is 0 Å². The van der Waals surface area contributed by atoms with Crippen molar-refractivity contribution in [2.45, 2.75) is 12.3 Å². The van der Waals surface area contributed by atoms with Crippen LogP contribution in [-0.4, -0.2) is 18.1 Å². The molecule has 0 aliphatic carbocycles. The third-order valence-electron chi connectivity index (χ3n) is 3.38. The van der Waals surface area contributed by atoms with Crippen LogP contribution in [0.25, 0.3) is 11.1 Å². The summed E-state index contributed by atoms with van der Waals surface area (Å²) >= 11 is 0. The van der Waals surface area contributed by atoms with Crippen molar-refractivity contribution in [3.63, 3.8) is 0 Å². The van der Waals surface area contributed by atoms with Crippen LogP contribution < -0.4 is 11.1 Å². The monoisotopic (exact) mass is 254 g/mol. The van der Waals surface area contributed by atoms with Crippen LogP contribution in [0.1, 0.15) is 12.0 Å². The Kier molecular flexibility index (Phi) is 2.48. The highest BCUT2D eigenvalue weighted by molar-refractivity contribution is 5.73. The predicted molar refractivity (Wildman–Crippen MR) is 61.7 cm³/mol. The molecule has 3 rings (SSSR count). The molecule has 0 amide bonds. The molecule has 0 saturated carbocycles. The van der Waals surface area contributed by atoms with Crippen molar-refractivity contribution < 1.29 is 13.2 Å². The smallest absolute Gasteiger partial charge is 0.408 e. The van der Waals surface area contributed by atoms with Crippen molar-refractivity contribution >= 4 is 11.1 Å². The van der Waals surface area contributed by atoms with Gasteiger partial charge < -0.3 is 9.73 Å². The van der Waals surface area contributed by atoms with E-state index in [0.717, 1.165) is 0 Å². The van der Waals surface area contributed by atoms with Gasteiger partial charge in [0, 0.05) is 18.0 Å². The molecule has 0 spiro atoms. The summed E-state index contributed by atoms with van der Waals surface area (Å²) in [6.45, 7) is 0.929. The van der Waals surface area contributed by atoms with Crippen LogP contribution in [0.2, 0.25) is 0 Å². The maximum Gasteiger partial charge on any atom is 0.417 e. The van der Waals surface area contributed by atoms with Gasteiger partial charge in [-0.05, 0) is 31.2 Å². The molecule has 18 heavy (non-hydrogen) atoms. The Labute approximate surface area is 101 Å². The van der Waals surface area contributed by atoms with Gasteiger partial charge in [0.1, 0.15) is 0 Å². The van der Waals surface area contributed by atoms with Crippen LogP contribution in [0.15, 0.2) is 27.4 Å². The third-order valence-corrected chi connectivity index (χ3v) is 3.38. The van der Waals surface area contributed by atoms with Gasteiger partial charge in [0.15, 0.2) is 5.58 Å². The predicted octanol–water partition coefficient (Wildman–Crippen LogP) is 1.82. The summed E-state index contributed by atoms with van der Waals surface area (Å²) in [4.78, 5) is 13.4. The minimum atomic E-state index is -2.90. The third kappa shape index (κ3) is 1.73. The highest BCUT2D eigenvalue weighted by atomic mass is 19.3. The summed E-state index contributed by atoms with van der Waals surface area (Å²) in [6, 6.07) is 4.01. The second-order valence-corrected chi connectivity index (χ2v) is 4.54. The van der Waals surface area contributed by atoms with Gasteiger partial charge in [-0.25, -0.2) is 13.6 Å². The molecule has 4 nitrogen and oxygen atoms in total. The minimum absolute atomic E-state index is 0.0826. The number of fused-ring (bicyclic) bond motifs is 1. The van der Waals surface area contributed by atoms with E-state index in [-0.39, 0.29) is 5.56 Å². The maximum atomic E-state index is 14.2. The van der Waals surface area contributed by atoms with Crippen LogP contribution in [0.5, 0.6) is 0 Å². The zero-order valence-corrected chi connectivity index (χ0v) is 9.50. The van der Waals surface area contributed by atoms with E-state index in [1.807, 2.05) is 0 Å². The molecule has 2 aromatic rings. The van der Waals surface area contributed by atoms with E-state index in [1.165, 1.54) is 18.2 Å². The van der Waals surface area contributed by atoms with E-state index in [0.29, 0.717) is 30.6 Å². The van der Waals surface area contributed by atoms with Crippen molar-refractivity contribution in [2.24, 2.45) is 5.92 Å². The lowest BCUT2D eigenvalue weighted by Gasteiger charge is -2.22. The second kappa shape index (κ2) is 3.91. The Balaban J connectivity index is 2.04. The molecule has 1 aromatic heterocycles. The molecule has 1 unspecified atom stereocenters. The molecule has 2 heterocycles.